The van der Waals surface area contributed by atoms with Crippen molar-refractivity contribution < 1.29 is 4.79 Å². The monoisotopic (exact) mass is 339 g/mol. The number of hydrogen-bond donors (Lipinski definition) is 3. The zero-order chi connectivity index (χ0) is 16.4. The Labute approximate surface area is 142 Å². The van der Waals surface area contributed by atoms with Crippen molar-refractivity contribution in [1.82, 2.24) is 16.2 Å². The van der Waals surface area contributed by atoms with E-state index in [-0.39, 0.29) is 5.91 Å². The maximum atomic E-state index is 11.7. The Bertz CT molecular complexity index is 475. The van der Waals surface area contributed by atoms with Crippen LogP contribution >= 0.6 is 24.0 Å². The summed E-state index contributed by atoms with van der Waals surface area (Å²) in [5, 5.41) is 3.51. The van der Waals surface area contributed by atoms with Gasteiger partial charge in [-0.25, -0.2) is 0 Å². The Morgan fingerprint density at radius 2 is 1.91 bits per heavy atom. The molecule has 0 unspecified atom stereocenters. The van der Waals surface area contributed by atoms with Crippen molar-refractivity contribution in [3.05, 3.63) is 35.4 Å². The van der Waals surface area contributed by atoms with Gasteiger partial charge in [0.25, 0.3) is 0 Å². The molecule has 1 rings (SSSR count). The Morgan fingerprint density at radius 3 is 2.55 bits per heavy atom. The van der Waals surface area contributed by atoms with Crippen molar-refractivity contribution >= 4 is 35.0 Å². The molecule has 0 aromatic heterocycles. The lowest BCUT2D eigenvalue weighted by Gasteiger charge is -2.12. The molecule has 0 aliphatic heterocycles. The van der Waals surface area contributed by atoms with Crippen LogP contribution in [0, 0.1) is 12.8 Å². The number of nitrogens with one attached hydrogen (secondary N) is 3. The number of hydrazine groups is 1. The average molecular weight is 340 g/mol. The largest absolute Gasteiger partial charge is 0.361 e. The van der Waals surface area contributed by atoms with Crippen LogP contribution in [0.5, 0.6) is 0 Å². The summed E-state index contributed by atoms with van der Waals surface area (Å²) in [4.78, 5) is 11.7. The van der Waals surface area contributed by atoms with Crippen LogP contribution in [-0.4, -0.2) is 23.3 Å². The van der Waals surface area contributed by atoms with Crippen LogP contribution < -0.4 is 16.2 Å². The van der Waals surface area contributed by atoms with E-state index in [1.54, 1.807) is 11.8 Å². The predicted octanol–water partition coefficient (Wildman–Crippen LogP) is 2.77. The van der Waals surface area contributed by atoms with Crippen LogP contribution in [0.3, 0.4) is 0 Å². The molecule has 0 aliphatic rings. The highest BCUT2D eigenvalue weighted by atomic mass is 32.2. The van der Waals surface area contributed by atoms with Gasteiger partial charge in [0.15, 0.2) is 5.11 Å². The summed E-state index contributed by atoms with van der Waals surface area (Å²) in [5.41, 5.74) is 7.79. The van der Waals surface area contributed by atoms with E-state index in [2.05, 4.69) is 61.2 Å². The highest BCUT2D eigenvalue weighted by Crippen LogP contribution is 2.12. The molecule has 6 heteroatoms. The molecular weight excluding hydrogens is 314 g/mol. The Kier molecular flexibility index (Phi) is 8.92. The number of thiocarbonyl (C=S) groups is 1. The quantitative estimate of drug-likeness (QED) is 0.527. The number of amides is 1. The van der Waals surface area contributed by atoms with Gasteiger partial charge in [0.05, 0.1) is 5.75 Å². The molecule has 0 aliphatic carbocycles. The normalized spacial score (nSPS) is 10.4. The van der Waals surface area contributed by atoms with E-state index in [0.717, 1.165) is 18.7 Å². The number of thioether (sulfide) groups is 1. The minimum absolute atomic E-state index is 0.0786. The average Bonchev–Trinajstić information content (AvgIpc) is 2.47. The number of hydrogen-bond acceptors (Lipinski definition) is 3. The van der Waals surface area contributed by atoms with Crippen molar-refractivity contribution in [2.75, 3.05) is 12.3 Å². The lowest BCUT2D eigenvalue weighted by Crippen LogP contribution is -2.47. The Morgan fingerprint density at radius 1 is 1.23 bits per heavy atom. The minimum Gasteiger partial charge on any atom is -0.361 e. The third kappa shape index (κ3) is 8.89. The van der Waals surface area contributed by atoms with Crippen LogP contribution in [-0.2, 0) is 10.5 Å². The van der Waals surface area contributed by atoms with Gasteiger partial charge < -0.3 is 5.32 Å². The molecule has 3 N–H and O–H groups in total. The fourth-order valence-corrected chi connectivity index (χ4v) is 2.57. The number of carbonyl (C=O) groups excluding carboxylic acids is 1. The highest BCUT2D eigenvalue weighted by molar-refractivity contribution is 7.99. The standard InChI is InChI=1S/C16H25N3OS2/c1-12(2)8-9-17-16(21)19-18-15(20)11-22-10-14-6-4-13(3)5-7-14/h4-7,12H,8-11H2,1-3H3,(H,18,20)(H2,17,19,21). The van der Waals surface area contributed by atoms with Crippen LogP contribution in [0.2, 0.25) is 0 Å². The molecule has 0 fully saturated rings. The van der Waals surface area contributed by atoms with E-state index in [1.165, 1.54) is 11.1 Å². The van der Waals surface area contributed by atoms with Crippen molar-refractivity contribution in [1.29, 1.82) is 0 Å². The second-order valence-corrected chi connectivity index (χ2v) is 6.98. The van der Waals surface area contributed by atoms with Gasteiger partial charge in [-0.2, -0.15) is 0 Å². The Balaban J connectivity index is 2.10. The van der Waals surface area contributed by atoms with E-state index in [0.29, 0.717) is 16.8 Å². The summed E-state index contributed by atoms with van der Waals surface area (Å²) < 4.78 is 0. The maximum absolute atomic E-state index is 11.7. The van der Waals surface area contributed by atoms with Crippen molar-refractivity contribution in [3.8, 4) is 0 Å². The zero-order valence-electron chi connectivity index (χ0n) is 13.4. The summed E-state index contributed by atoms with van der Waals surface area (Å²) in [6.07, 6.45) is 1.04. The zero-order valence-corrected chi connectivity index (χ0v) is 15.1. The smallest absolute Gasteiger partial charge is 0.248 e. The first kappa shape index (κ1) is 18.8. The van der Waals surface area contributed by atoms with E-state index >= 15 is 0 Å². The molecule has 1 aromatic carbocycles. The van der Waals surface area contributed by atoms with E-state index in [4.69, 9.17) is 12.2 Å². The van der Waals surface area contributed by atoms with Crippen LogP contribution in [0.1, 0.15) is 31.4 Å². The van der Waals surface area contributed by atoms with Crippen LogP contribution in [0.25, 0.3) is 0 Å². The number of carbonyl (C=O) groups is 1. The summed E-state index contributed by atoms with van der Waals surface area (Å²) in [6, 6.07) is 8.34. The van der Waals surface area contributed by atoms with E-state index < -0.39 is 0 Å². The fourth-order valence-electron chi connectivity index (χ4n) is 1.63. The number of benzene rings is 1. The molecular formula is C16H25N3OS2. The molecule has 122 valence electrons. The molecule has 0 spiro atoms. The van der Waals surface area contributed by atoms with Crippen LogP contribution in [0.4, 0.5) is 0 Å². The first-order chi connectivity index (χ1) is 10.5. The van der Waals surface area contributed by atoms with Crippen LogP contribution in [0.15, 0.2) is 24.3 Å². The number of aryl methyl sites for hydroxylation is 1. The predicted molar refractivity (Wildman–Crippen MR) is 98.7 cm³/mol. The third-order valence-electron chi connectivity index (χ3n) is 2.95. The van der Waals surface area contributed by atoms with Crippen molar-refractivity contribution in [2.45, 2.75) is 32.9 Å². The molecule has 0 radical (unpaired) electrons. The minimum atomic E-state index is -0.0786. The summed E-state index contributed by atoms with van der Waals surface area (Å²) in [6.45, 7) is 7.19. The Hall–Kier alpha value is -1.27. The van der Waals surface area contributed by atoms with Gasteiger partial charge in [0.1, 0.15) is 0 Å². The van der Waals surface area contributed by atoms with Gasteiger partial charge in [-0.05, 0) is 37.0 Å². The second-order valence-electron chi connectivity index (χ2n) is 5.59. The molecule has 0 saturated heterocycles. The van der Waals surface area contributed by atoms with Crippen molar-refractivity contribution in [3.63, 3.8) is 0 Å². The molecule has 0 bridgehead atoms. The summed E-state index contributed by atoms with van der Waals surface area (Å²) in [7, 11) is 0. The van der Waals surface area contributed by atoms with Gasteiger partial charge in [-0.1, -0.05) is 43.7 Å². The lowest BCUT2D eigenvalue weighted by molar-refractivity contribution is -0.119. The maximum Gasteiger partial charge on any atom is 0.248 e. The molecule has 22 heavy (non-hydrogen) atoms. The van der Waals surface area contributed by atoms with E-state index in [1.807, 2.05) is 0 Å². The molecule has 0 atom stereocenters. The fraction of sp³-hybridized carbons (Fsp3) is 0.500. The third-order valence-corrected chi connectivity index (χ3v) is 4.20. The van der Waals surface area contributed by atoms with Gasteiger partial charge in [0.2, 0.25) is 5.91 Å². The molecule has 0 heterocycles. The molecule has 1 aromatic rings. The van der Waals surface area contributed by atoms with Gasteiger partial charge in [0, 0.05) is 12.3 Å². The van der Waals surface area contributed by atoms with E-state index in [9.17, 15) is 4.79 Å². The summed E-state index contributed by atoms with van der Waals surface area (Å²) >= 11 is 6.66. The van der Waals surface area contributed by atoms with Gasteiger partial charge in [-0.15, -0.1) is 11.8 Å². The summed E-state index contributed by atoms with van der Waals surface area (Å²) in [5.74, 6) is 1.77. The number of rotatable bonds is 7. The first-order valence-electron chi connectivity index (χ1n) is 7.43. The molecule has 4 nitrogen and oxygen atoms in total. The highest BCUT2D eigenvalue weighted by Gasteiger charge is 2.03. The lowest BCUT2D eigenvalue weighted by atomic mass is 10.1. The first-order valence-corrected chi connectivity index (χ1v) is 8.99. The van der Waals surface area contributed by atoms with Gasteiger partial charge in [-0.3, -0.25) is 15.6 Å². The molecule has 0 saturated carbocycles. The topological polar surface area (TPSA) is 53.2 Å². The van der Waals surface area contributed by atoms with Crippen molar-refractivity contribution in [2.24, 2.45) is 5.92 Å². The SMILES string of the molecule is Cc1ccc(CSCC(=O)NNC(=S)NCCC(C)C)cc1. The second kappa shape index (κ2) is 10.5. The molecule has 1 amide bonds. The van der Waals surface area contributed by atoms with Gasteiger partial charge >= 0.3 is 0 Å².